The van der Waals surface area contributed by atoms with E-state index in [-0.39, 0.29) is 5.91 Å². The fourth-order valence-corrected chi connectivity index (χ4v) is 3.03. The van der Waals surface area contributed by atoms with Crippen molar-refractivity contribution in [1.82, 2.24) is 9.80 Å². The summed E-state index contributed by atoms with van der Waals surface area (Å²) in [6.45, 7) is 5.72. The Morgan fingerprint density at radius 3 is 2.52 bits per heavy atom. The Morgan fingerprint density at radius 1 is 1.08 bits per heavy atom. The van der Waals surface area contributed by atoms with Gasteiger partial charge in [-0.2, -0.15) is 0 Å². The first-order valence-electron chi connectivity index (χ1n) is 9.01. The minimum atomic E-state index is 0.0154. The van der Waals surface area contributed by atoms with E-state index in [2.05, 4.69) is 34.3 Å². The fourth-order valence-electron chi connectivity index (χ4n) is 3.03. The lowest BCUT2D eigenvalue weighted by Gasteiger charge is -2.32. The first kappa shape index (κ1) is 17.7. The summed E-state index contributed by atoms with van der Waals surface area (Å²) < 4.78 is 5.25. The van der Waals surface area contributed by atoms with Gasteiger partial charge in [0.2, 0.25) is 5.91 Å². The van der Waals surface area contributed by atoms with Crippen molar-refractivity contribution in [1.29, 1.82) is 0 Å². The van der Waals surface area contributed by atoms with Gasteiger partial charge in [0.15, 0.2) is 0 Å². The molecule has 1 amide bonds. The number of piperazine rings is 1. The number of anilines is 1. The highest BCUT2D eigenvalue weighted by Crippen LogP contribution is 2.12. The molecule has 0 radical (unpaired) electrons. The molecule has 1 saturated heterocycles. The lowest BCUT2D eigenvalue weighted by molar-refractivity contribution is -0.116. The minimum absolute atomic E-state index is 0.0154. The van der Waals surface area contributed by atoms with Crippen LogP contribution in [0.1, 0.15) is 17.7 Å². The smallest absolute Gasteiger partial charge is 0.224 e. The highest BCUT2D eigenvalue weighted by molar-refractivity contribution is 5.90. The molecule has 1 aliphatic rings. The van der Waals surface area contributed by atoms with Crippen LogP contribution in [0.2, 0.25) is 0 Å². The number of benzene rings is 1. The molecule has 0 bridgehead atoms. The van der Waals surface area contributed by atoms with Gasteiger partial charge in [-0.3, -0.25) is 4.79 Å². The number of nitrogens with one attached hydrogen (secondary N) is 1. The van der Waals surface area contributed by atoms with Crippen molar-refractivity contribution in [3.63, 3.8) is 0 Å². The summed E-state index contributed by atoms with van der Waals surface area (Å²) in [5.41, 5.74) is 2.17. The van der Waals surface area contributed by atoms with Crippen molar-refractivity contribution in [3.05, 3.63) is 54.0 Å². The molecule has 0 aliphatic carbocycles. The number of rotatable bonds is 7. The third-order valence-electron chi connectivity index (χ3n) is 4.73. The monoisotopic (exact) mass is 341 g/mol. The number of hydrogen-bond donors (Lipinski definition) is 1. The SMILES string of the molecule is CN1CCN(CCc2ccc(NC(=O)CCc3ccco3)cc2)CC1. The standard InChI is InChI=1S/C20H27N3O2/c1-22-12-14-23(15-13-22)11-10-17-4-6-18(7-5-17)21-20(24)9-8-19-3-2-16-25-19/h2-7,16H,8-15H2,1H3,(H,21,24). The summed E-state index contributed by atoms with van der Waals surface area (Å²) in [7, 11) is 2.18. The van der Waals surface area contributed by atoms with E-state index in [4.69, 9.17) is 4.42 Å². The maximum Gasteiger partial charge on any atom is 0.224 e. The van der Waals surface area contributed by atoms with Gasteiger partial charge >= 0.3 is 0 Å². The van der Waals surface area contributed by atoms with Gasteiger partial charge < -0.3 is 19.5 Å². The average Bonchev–Trinajstić information content (AvgIpc) is 3.14. The lowest BCUT2D eigenvalue weighted by Crippen LogP contribution is -2.45. The van der Waals surface area contributed by atoms with Crippen LogP contribution in [0.4, 0.5) is 5.69 Å². The second kappa shape index (κ2) is 8.83. The van der Waals surface area contributed by atoms with E-state index in [0.29, 0.717) is 12.8 Å². The zero-order chi connectivity index (χ0) is 17.5. The molecule has 134 valence electrons. The zero-order valence-electron chi connectivity index (χ0n) is 14.9. The summed E-state index contributed by atoms with van der Waals surface area (Å²) in [6, 6.07) is 11.9. The molecule has 1 aromatic heterocycles. The summed E-state index contributed by atoms with van der Waals surface area (Å²) in [6.07, 6.45) is 3.74. The molecule has 0 spiro atoms. The normalized spacial score (nSPS) is 16.0. The third kappa shape index (κ3) is 5.73. The van der Waals surface area contributed by atoms with Crippen molar-refractivity contribution in [2.75, 3.05) is 45.1 Å². The summed E-state index contributed by atoms with van der Waals surface area (Å²) >= 11 is 0. The molecule has 0 saturated carbocycles. The predicted molar refractivity (Wildman–Crippen MR) is 99.7 cm³/mol. The van der Waals surface area contributed by atoms with Gasteiger partial charge in [0.25, 0.3) is 0 Å². The van der Waals surface area contributed by atoms with Crippen LogP contribution in [0.25, 0.3) is 0 Å². The van der Waals surface area contributed by atoms with E-state index in [1.54, 1.807) is 6.26 Å². The van der Waals surface area contributed by atoms with E-state index < -0.39 is 0 Å². The number of nitrogens with zero attached hydrogens (tertiary/aromatic N) is 2. The third-order valence-corrected chi connectivity index (χ3v) is 4.73. The number of aryl methyl sites for hydroxylation is 1. The number of carbonyl (C=O) groups excluding carboxylic acids is 1. The van der Waals surface area contributed by atoms with Crippen molar-refractivity contribution < 1.29 is 9.21 Å². The Balaban J connectivity index is 1.40. The molecule has 1 aliphatic heterocycles. The van der Waals surface area contributed by atoms with Crippen molar-refractivity contribution in [2.24, 2.45) is 0 Å². The van der Waals surface area contributed by atoms with E-state index in [1.807, 2.05) is 24.3 Å². The second-order valence-electron chi connectivity index (χ2n) is 6.72. The topological polar surface area (TPSA) is 48.7 Å². The minimum Gasteiger partial charge on any atom is -0.469 e. The highest BCUT2D eigenvalue weighted by atomic mass is 16.3. The number of furan rings is 1. The van der Waals surface area contributed by atoms with Gasteiger partial charge in [-0.25, -0.2) is 0 Å². The number of likely N-dealkylation sites (N-methyl/N-ethyl adjacent to an activating group) is 1. The molecular weight excluding hydrogens is 314 g/mol. The van der Waals surface area contributed by atoms with Crippen molar-refractivity contribution >= 4 is 11.6 Å². The van der Waals surface area contributed by atoms with Gasteiger partial charge in [0, 0.05) is 51.3 Å². The molecule has 5 heteroatoms. The Morgan fingerprint density at radius 2 is 1.84 bits per heavy atom. The molecule has 25 heavy (non-hydrogen) atoms. The molecule has 3 rings (SSSR count). The Labute approximate surface area is 149 Å². The van der Waals surface area contributed by atoms with Crippen LogP contribution >= 0.6 is 0 Å². The van der Waals surface area contributed by atoms with E-state index in [1.165, 1.54) is 5.56 Å². The molecule has 1 aromatic carbocycles. The van der Waals surface area contributed by atoms with Crippen LogP contribution in [0.5, 0.6) is 0 Å². The van der Waals surface area contributed by atoms with Gasteiger partial charge in [-0.1, -0.05) is 12.1 Å². The van der Waals surface area contributed by atoms with Crippen LogP contribution in [-0.2, 0) is 17.6 Å². The molecule has 2 heterocycles. The van der Waals surface area contributed by atoms with E-state index >= 15 is 0 Å². The number of carbonyl (C=O) groups is 1. The molecule has 2 aromatic rings. The molecule has 0 atom stereocenters. The molecular formula is C20H27N3O2. The maximum atomic E-state index is 12.0. The quantitative estimate of drug-likeness (QED) is 0.841. The molecule has 0 unspecified atom stereocenters. The second-order valence-corrected chi connectivity index (χ2v) is 6.72. The first-order chi connectivity index (χ1) is 12.2. The van der Waals surface area contributed by atoms with Crippen LogP contribution in [0.15, 0.2) is 47.1 Å². The fraction of sp³-hybridized carbons (Fsp3) is 0.450. The number of amides is 1. The molecule has 1 N–H and O–H groups in total. The Kier molecular flexibility index (Phi) is 6.25. The maximum absolute atomic E-state index is 12.0. The van der Waals surface area contributed by atoms with E-state index in [0.717, 1.165) is 50.6 Å². The van der Waals surface area contributed by atoms with Crippen LogP contribution < -0.4 is 5.32 Å². The van der Waals surface area contributed by atoms with Crippen LogP contribution in [0.3, 0.4) is 0 Å². The van der Waals surface area contributed by atoms with Crippen molar-refractivity contribution in [2.45, 2.75) is 19.3 Å². The van der Waals surface area contributed by atoms with E-state index in [9.17, 15) is 4.79 Å². The van der Waals surface area contributed by atoms with Crippen LogP contribution in [0, 0.1) is 0 Å². The lowest BCUT2D eigenvalue weighted by atomic mass is 10.1. The van der Waals surface area contributed by atoms with Gasteiger partial charge in [-0.15, -0.1) is 0 Å². The zero-order valence-corrected chi connectivity index (χ0v) is 14.9. The molecule has 1 fully saturated rings. The van der Waals surface area contributed by atoms with Crippen LogP contribution in [-0.4, -0.2) is 55.5 Å². The number of hydrogen-bond acceptors (Lipinski definition) is 4. The molecule has 5 nitrogen and oxygen atoms in total. The largest absolute Gasteiger partial charge is 0.469 e. The van der Waals surface area contributed by atoms with Gasteiger partial charge in [0.1, 0.15) is 5.76 Å². The summed E-state index contributed by atoms with van der Waals surface area (Å²) in [4.78, 5) is 16.9. The summed E-state index contributed by atoms with van der Waals surface area (Å²) in [5.74, 6) is 0.857. The van der Waals surface area contributed by atoms with Crippen molar-refractivity contribution in [3.8, 4) is 0 Å². The highest BCUT2D eigenvalue weighted by Gasteiger charge is 2.13. The summed E-state index contributed by atoms with van der Waals surface area (Å²) in [5, 5.41) is 2.95. The Hall–Kier alpha value is -2.11. The van der Waals surface area contributed by atoms with Gasteiger partial charge in [-0.05, 0) is 43.3 Å². The average molecular weight is 341 g/mol. The van der Waals surface area contributed by atoms with Gasteiger partial charge in [0.05, 0.1) is 6.26 Å². The predicted octanol–water partition coefficient (Wildman–Crippen LogP) is 2.64. The first-order valence-corrected chi connectivity index (χ1v) is 9.01. The Bertz CT molecular complexity index is 644.